The van der Waals surface area contributed by atoms with Crippen molar-refractivity contribution >= 4 is 11.6 Å². The summed E-state index contributed by atoms with van der Waals surface area (Å²) in [6.07, 6.45) is 0. The van der Waals surface area contributed by atoms with E-state index in [1.54, 1.807) is 19.2 Å². The monoisotopic (exact) mass is 284 g/mol. The van der Waals surface area contributed by atoms with Crippen LogP contribution in [-0.4, -0.2) is 13.0 Å². The van der Waals surface area contributed by atoms with Gasteiger partial charge in [0.05, 0.1) is 18.7 Å². The highest BCUT2D eigenvalue weighted by molar-refractivity contribution is 5.94. The molecule has 21 heavy (non-hydrogen) atoms. The zero-order valence-electron chi connectivity index (χ0n) is 12.2. The van der Waals surface area contributed by atoms with E-state index in [4.69, 9.17) is 10.5 Å². The van der Waals surface area contributed by atoms with Crippen molar-refractivity contribution in [2.24, 2.45) is 11.7 Å². The predicted molar refractivity (Wildman–Crippen MR) is 84.2 cm³/mol. The van der Waals surface area contributed by atoms with E-state index < -0.39 is 0 Å². The van der Waals surface area contributed by atoms with Gasteiger partial charge in [-0.2, -0.15) is 0 Å². The fraction of sp³-hybridized carbons (Fsp3) is 0.235. The molecule has 0 aliphatic carbocycles. The molecule has 3 N–H and O–H groups in total. The normalized spacial score (nSPS) is 13.3. The van der Waals surface area contributed by atoms with Gasteiger partial charge in [-0.25, -0.2) is 0 Å². The van der Waals surface area contributed by atoms with E-state index >= 15 is 0 Å². The largest absolute Gasteiger partial charge is 0.495 e. The van der Waals surface area contributed by atoms with Crippen LogP contribution >= 0.6 is 0 Å². The maximum atomic E-state index is 12.3. The van der Waals surface area contributed by atoms with Crippen LogP contribution in [0.15, 0.2) is 54.6 Å². The minimum absolute atomic E-state index is 0.129. The van der Waals surface area contributed by atoms with E-state index in [1.807, 2.05) is 49.4 Å². The molecule has 110 valence electrons. The lowest BCUT2D eigenvalue weighted by atomic mass is 9.94. The number of hydrogen-bond acceptors (Lipinski definition) is 3. The van der Waals surface area contributed by atoms with E-state index in [2.05, 4.69) is 5.32 Å². The highest BCUT2D eigenvalue weighted by atomic mass is 16.5. The van der Waals surface area contributed by atoms with Crippen LogP contribution < -0.4 is 15.8 Å². The molecule has 0 heterocycles. The molecule has 0 radical (unpaired) electrons. The molecule has 2 rings (SSSR count). The molecule has 0 aromatic heterocycles. The summed E-state index contributed by atoms with van der Waals surface area (Å²) in [6.45, 7) is 1.82. The predicted octanol–water partition coefficient (Wildman–Crippen LogP) is 2.97. The van der Waals surface area contributed by atoms with Crippen LogP contribution in [0.3, 0.4) is 0 Å². The van der Waals surface area contributed by atoms with Gasteiger partial charge < -0.3 is 15.8 Å². The fourth-order valence-electron chi connectivity index (χ4n) is 2.12. The molecule has 2 atom stereocenters. The Bertz CT molecular complexity index is 599. The van der Waals surface area contributed by atoms with Gasteiger partial charge in [-0.15, -0.1) is 0 Å². The molecule has 0 saturated heterocycles. The van der Waals surface area contributed by atoms with E-state index in [0.717, 1.165) is 5.56 Å². The summed E-state index contributed by atoms with van der Waals surface area (Å²) >= 11 is 0. The van der Waals surface area contributed by atoms with E-state index in [9.17, 15) is 4.79 Å². The highest BCUT2D eigenvalue weighted by Gasteiger charge is 2.22. The van der Waals surface area contributed by atoms with Gasteiger partial charge in [-0.3, -0.25) is 4.79 Å². The summed E-state index contributed by atoms with van der Waals surface area (Å²) in [6, 6.07) is 16.6. The first-order valence-electron chi connectivity index (χ1n) is 6.88. The van der Waals surface area contributed by atoms with E-state index in [0.29, 0.717) is 11.4 Å². The number of amides is 1. The minimum Gasteiger partial charge on any atom is -0.495 e. The minimum atomic E-state index is -0.350. The molecule has 2 aromatic rings. The topological polar surface area (TPSA) is 64.3 Å². The second-order valence-corrected chi connectivity index (χ2v) is 4.91. The Morgan fingerprint density at radius 1 is 1.10 bits per heavy atom. The molecule has 0 aliphatic heterocycles. The maximum Gasteiger partial charge on any atom is 0.229 e. The lowest BCUT2D eigenvalue weighted by molar-refractivity contribution is -0.120. The number of hydrogen-bond donors (Lipinski definition) is 2. The molecule has 2 aromatic carbocycles. The number of nitrogens with two attached hydrogens (primary N) is 1. The van der Waals surface area contributed by atoms with Gasteiger partial charge in [0, 0.05) is 6.04 Å². The standard InChI is InChI=1S/C17H20N2O2/c1-12(16(18)13-8-4-3-5-9-13)17(20)19-14-10-6-7-11-15(14)21-2/h3-12,16H,18H2,1-2H3,(H,19,20). The summed E-state index contributed by atoms with van der Waals surface area (Å²) in [5, 5.41) is 2.87. The van der Waals surface area contributed by atoms with Crippen LogP contribution in [0.1, 0.15) is 18.5 Å². The Balaban J connectivity index is 2.09. The van der Waals surface area contributed by atoms with Crippen LogP contribution in [0.2, 0.25) is 0 Å². The molecule has 1 amide bonds. The van der Waals surface area contributed by atoms with Gasteiger partial charge >= 0.3 is 0 Å². The SMILES string of the molecule is COc1ccccc1NC(=O)C(C)C(N)c1ccccc1. The van der Waals surface area contributed by atoms with Crippen molar-refractivity contribution in [1.29, 1.82) is 0 Å². The Morgan fingerprint density at radius 2 is 1.71 bits per heavy atom. The third-order valence-corrected chi connectivity index (χ3v) is 3.50. The van der Waals surface area contributed by atoms with Crippen molar-refractivity contribution < 1.29 is 9.53 Å². The Hall–Kier alpha value is -2.33. The van der Waals surface area contributed by atoms with Gasteiger partial charge in [0.2, 0.25) is 5.91 Å². The lowest BCUT2D eigenvalue weighted by Gasteiger charge is -2.20. The summed E-state index contributed by atoms with van der Waals surface area (Å²) in [5.41, 5.74) is 7.77. The Kier molecular flexibility index (Phi) is 4.95. The molecule has 4 heteroatoms. The lowest BCUT2D eigenvalue weighted by Crippen LogP contribution is -2.30. The number of carbonyl (C=O) groups is 1. The summed E-state index contributed by atoms with van der Waals surface area (Å²) < 4.78 is 5.23. The second-order valence-electron chi connectivity index (χ2n) is 4.91. The van der Waals surface area contributed by atoms with Gasteiger partial charge in [0.1, 0.15) is 5.75 Å². The van der Waals surface area contributed by atoms with Gasteiger partial charge in [-0.05, 0) is 17.7 Å². The summed E-state index contributed by atoms with van der Waals surface area (Å²) in [7, 11) is 1.57. The van der Waals surface area contributed by atoms with E-state index in [1.165, 1.54) is 0 Å². The Morgan fingerprint density at radius 3 is 2.38 bits per heavy atom. The van der Waals surface area contributed by atoms with Crippen LogP contribution in [0.4, 0.5) is 5.69 Å². The van der Waals surface area contributed by atoms with Crippen molar-refractivity contribution in [2.75, 3.05) is 12.4 Å². The number of para-hydroxylation sites is 2. The molecular formula is C17H20N2O2. The first-order chi connectivity index (χ1) is 10.1. The molecule has 0 aliphatic rings. The Labute approximate surface area is 124 Å². The number of anilines is 1. The van der Waals surface area contributed by atoms with Crippen LogP contribution in [-0.2, 0) is 4.79 Å². The van der Waals surface area contributed by atoms with Crippen LogP contribution in [0, 0.1) is 5.92 Å². The van der Waals surface area contributed by atoms with Crippen molar-refractivity contribution in [1.82, 2.24) is 0 Å². The molecular weight excluding hydrogens is 264 g/mol. The van der Waals surface area contributed by atoms with Crippen molar-refractivity contribution in [3.05, 3.63) is 60.2 Å². The molecule has 0 saturated carbocycles. The fourth-order valence-corrected chi connectivity index (χ4v) is 2.12. The van der Waals surface area contributed by atoms with Crippen LogP contribution in [0.25, 0.3) is 0 Å². The average molecular weight is 284 g/mol. The number of benzene rings is 2. The second kappa shape index (κ2) is 6.90. The smallest absolute Gasteiger partial charge is 0.229 e. The maximum absolute atomic E-state index is 12.3. The van der Waals surface area contributed by atoms with Gasteiger partial charge in [0.25, 0.3) is 0 Å². The summed E-state index contributed by atoms with van der Waals surface area (Å²) in [5.74, 6) is 0.152. The molecule has 0 spiro atoms. The average Bonchev–Trinajstić information content (AvgIpc) is 2.54. The molecule has 0 fully saturated rings. The van der Waals surface area contributed by atoms with Crippen molar-refractivity contribution in [3.8, 4) is 5.75 Å². The third kappa shape index (κ3) is 3.61. The number of ether oxygens (including phenoxy) is 1. The zero-order chi connectivity index (χ0) is 15.2. The first-order valence-corrected chi connectivity index (χ1v) is 6.88. The first kappa shape index (κ1) is 15.1. The van der Waals surface area contributed by atoms with Gasteiger partial charge in [0.15, 0.2) is 0 Å². The number of carbonyl (C=O) groups excluding carboxylic acids is 1. The molecule has 2 unspecified atom stereocenters. The molecule has 4 nitrogen and oxygen atoms in total. The van der Waals surface area contributed by atoms with E-state index in [-0.39, 0.29) is 17.9 Å². The summed E-state index contributed by atoms with van der Waals surface area (Å²) in [4.78, 5) is 12.3. The van der Waals surface area contributed by atoms with Crippen molar-refractivity contribution in [2.45, 2.75) is 13.0 Å². The highest BCUT2D eigenvalue weighted by Crippen LogP contribution is 2.25. The quantitative estimate of drug-likeness (QED) is 0.887. The molecule has 0 bridgehead atoms. The van der Waals surface area contributed by atoms with Crippen molar-refractivity contribution in [3.63, 3.8) is 0 Å². The zero-order valence-corrected chi connectivity index (χ0v) is 12.2. The number of methoxy groups -OCH3 is 1. The van der Waals surface area contributed by atoms with Crippen LogP contribution in [0.5, 0.6) is 5.75 Å². The van der Waals surface area contributed by atoms with Gasteiger partial charge in [-0.1, -0.05) is 49.4 Å². The number of nitrogens with one attached hydrogen (secondary N) is 1. The number of rotatable bonds is 5. The third-order valence-electron chi connectivity index (χ3n) is 3.50.